The van der Waals surface area contributed by atoms with Crippen LogP contribution in [0.5, 0.6) is 0 Å². The quantitative estimate of drug-likeness (QED) is 0.872. The Hall–Kier alpha value is -1.03. The third-order valence-corrected chi connectivity index (χ3v) is 4.63. The molecule has 0 radical (unpaired) electrons. The van der Waals surface area contributed by atoms with Gasteiger partial charge in [0.25, 0.3) is 5.56 Å². The first-order valence-electron chi connectivity index (χ1n) is 7.42. The van der Waals surface area contributed by atoms with Gasteiger partial charge in [-0.05, 0) is 30.6 Å². The van der Waals surface area contributed by atoms with Crippen LogP contribution in [0.15, 0.2) is 9.59 Å². The summed E-state index contributed by atoms with van der Waals surface area (Å²) in [6.45, 7) is 6.59. The van der Waals surface area contributed by atoms with Gasteiger partial charge in [-0.2, -0.15) is 0 Å². The maximum atomic E-state index is 12.4. The first kappa shape index (κ1) is 15.4. The molecular weight excluding hydrogens is 276 g/mol. The van der Waals surface area contributed by atoms with E-state index in [0.717, 1.165) is 18.8 Å². The van der Waals surface area contributed by atoms with E-state index in [1.54, 1.807) is 0 Å². The predicted molar refractivity (Wildman–Crippen MR) is 81.5 cm³/mol. The van der Waals surface area contributed by atoms with Crippen LogP contribution in [0.3, 0.4) is 0 Å². The summed E-state index contributed by atoms with van der Waals surface area (Å²) >= 11 is 5.99. The molecule has 1 fully saturated rings. The number of nitrogens with zero attached hydrogens (tertiary/aromatic N) is 1. The second-order valence-electron chi connectivity index (χ2n) is 6.35. The van der Waals surface area contributed by atoms with Gasteiger partial charge in [-0.1, -0.05) is 45.2 Å². The Balaban J connectivity index is 2.30. The maximum absolute atomic E-state index is 12.4. The van der Waals surface area contributed by atoms with Gasteiger partial charge in [0.2, 0.25) is 0 Å². The fourth-order valence-corrected chi connectivity index (χ4v) is 3.38. The molecule has 112 valence electrons. The minimum Gasteiger partial charge on any atom is -0.297 e. The summed E-state index contributed by atoms with van der Waals surface area (Å²) < 4.78 is 1.34. The number of hydrogen-bond acceptors (Lipinski definition) is 2. The van der Waals surface area contributed by atoms with Gasteiger partial charge in [-0.25, -0.2) is 4.79 Å². The normalized spacial score (nSPS) is 23.2. The highest BCUT2D eigenvalue weighted by atomic mass is 35.5. The summed E-state index contributed by atoms with van der Waals surface area (Å²) in [6.07, 6.45) is 4.54. The fraction of sp³-hybridized carbons (Fsp3) is 0.733. The minimum atomic E-state index is -0.386. The van der Waals surface area contributed by atoms with Crippen molar-refractivity contribution in [1.82, 2.24) is 9.55 Å². The van der Waals surface area contributed by atoms with Crippen LogP contribution < -0.4 is 11.2 Å². The summed E-state index contributed by atoms with van der Waals surface area (Å²) in [4.78, 5) is 27.0. The lowest BCUT2D eigenvalue weighted by Gasteiger charge is -2.26. The molecule has 1 aliphatic rings. The van der Waals surface area contributed by atoms with Gasteiger partial charge >= 0.3 is 5.69 Å². The summed E-state index contributed by atoms with van der Waals surface area (Å²) in [5.74, 6) is 1.19. The highest BCUT2D eigenvalue weighted by Crippen LogP contribution is 2.29. The first-order chi connectivity index (χ1) is 9.40. The van der Waals surface area contributed by atoms with E-state index in [9.17, 15) is 9.59 Å². The second-order valence-corrected chi connectivity index (χ2v) is 6.73. The van der Waals surface area contributed by atoms with Crippen molar-refractivity contribution in [2.75, 3.05) is 0 Å². The topological polar surface area (TPSA) is 54.9 Å². The molecule has 0 amide bonds. The van der Waals surface area contributed by atoms with Gasteiger partial charge in [-0.3, -0.25) is 14.3 Å². The Morgan fingerprint density at radius 2 is 1.85 bits per heavy atom. The molecular formula is C15H23ClN2O2. The molecule has 0 bridgehead atoms. The highest BCUT2D eigenvalue weighted by molar-refractivity contribution is 6.30. The lowest BCUT2D eigenvalue weighted by molar-refractivity contribution is 0.259. The molecule has 0 aromatic carbocycles. The van der Waals surface area contributed by atoms with Crippen molar-refractivity contribution in [2.24, 2.45) is 11.8 Å². The molecule has 1 aromatic heterocycles. The maximum Gasteiger partial charge on any atom is 0.329 e. The van der Waals surface area contributed by atoms with Crippen LogP contribution >= 0.6 is 11.6 Å². The SMILES string of the molecule is CC1CCC(Cn2c(=O)[nH]c(Cl)c(C(C)C)c2=O)CC1. The van der Waals surface area contributed by atoms with Gasteiger partial charge in [0.1, 0.15) is 5.15 Å². The molecule has 20 heavy (non-hydrogen) atoms. The first-order valence-corrected chi connectivity index (χ1v) is 7.80. The number of hydrogen-bond donors (Lipinski definition) is 1. The Bertz CT molecular complexity index is 581. The molecule has 1 aliphatic carbocycles. The largest absolute Gasteiger partial charge is 0.329 e. The molecule has 1 aromatic rings. The summed E-state index contributed by atoms with van der Waals surface area (Å²) in [5.41, 5.74) is -0.106. The Morgan fingerprint density at radius 3 is 2.40 bits per heavy atom. The Kier molecular flexibility index (Phi) is 4.74. The Labute approximate surface area is 124 Å². The monoisotopic (exact) mass is 298 g/mol. The minimum absolute atomic E-state index is 0.00415. The zero-order chi connectivity index (χ0) is 14.9. The van der Waals surface area contributed by atoms with Crippen LogP contribution in [0.4, 0.5) is 0 Å². The van der Waals surface area contributed by atoms with E-state index in [0.29, 0.717) is 18.0 Å². The molecule has 0 aliphatic heterocycles. The van der Waals surface area contributed by atoms with Crippen LogP contribution in [0.1, 0.15) is 57.9 Å². The average molecular weight is 299 g/mol. The molecule has 2 rings (SSSR count). The summed E-state index contributed by atoms with van der Waals surface area (Å²) in [6, 6.07) is 0. The van der Waals surface area contributed by atoms with Crippen molar-refractivity contribution in [3.63, 3.8) is 0 Å². The number of aromatic nitrogens is 2. The van der Waals surface area contributed by atoms with Crippen LogP contribution in [-0.4, -0.2) is 9.55 Å². The van der Waals surface area contributed by atoms with Gasteiger partial charge in [0.05, 0.1) is 5.56 Å². The van der Waals surface area contributed by atoms with Crippen LogP contribution in [0, 0.1) is 11.8 Å². The van der Waals surface area contributed by atoms with Crippen molar-refractivity contribution in [1.29, 1.82) is 0 Å². The van der Waals surface area contributed by atoms with Crippen LogP contribution in [0.25, 0.3) is 0 Å². The van der Waals surface area contributed by atoms with E-state index in [4.69, 9.17) is 11.6 Å². The molecule has 0 unspecified atom stereocenters. The second kappa shape index (κ2) is 6.17. The standard InChI is InChI=1S/C15H23ClN2O2/c1-9(2)12-13(16)17-15(20)18(14(12)19)8-11-6-4-10(3)5-7-11/h9-11H,4-8H2,1-3H3,(H,17,20). The van der Waals surface area contributed by atoms with E-state index in [1.165, 1.54) is 17.4 Å². The molecule has 5 heteroatoms. The van der Waals surface area contributed by atoms with E-state index in [2.05, 4.69) is 11.9 Å². The third kappa shape index (κ3) is 3.17. The van der Waals surface area contributed by atoms with Gasteiger partial charge in [-0.15, -0.1) is 0 Å². The van der Waals surface area contributed by atoms with Crippen molar-refractivity contribution >= 4 is 11.6 Å². The van der Waals surface area contributed by atoms with E-state index >= 15 is 0 Å². The number of rotatable bonds is 3. The smallest absolute Gasteiger partial charge is 0.297 e. The molecule has 0 atom stereocenters. The molecule has 1 heterocycles. The number of H-pyrrole nitrogens is 1. The highest BCUT2D eigenvalue weighted by Gasteiger charge is 2.22. The number of aromatic amines is 1. The van der Waals surface area contributed by atoms with Crippen LogP contribution in [-0.2, 0) is 6.54 Å². The summed E-state index contributed by atoms with van der Waals surface area (Å²) in [7, 11) is 0. The average Bonchev–Trinajstić information content (AvgIpc) is 2.36. The molecule has 0 saturated heterocycles. The van der Waals surface area contributed by atoms with E-state index < -0.39 is 0 Å². The fourth-order valence-electron chi connectivity index (χ4n) is 3.00. The predicted octanol–water partition coefficient (Wildman–Crippen LogP) is 3.14. The zero-order valence-corrected chi connectivity index (χ0v) is 13.2. The summed E-state index contributed by atoms with van der Waals surface area (Å²) in [5, 5.41) is 0.184. The van der Waals surface area contributed by atoms with Gasteiger partial charge in [0, 0.05) is 6.54 Å². The van der Waals surface area contributed by atoms with Crippen LogP contribution in [0.2, 0.25) is 5.15 Å². The van der Waals surface area contributed by atoms with Crippen molar-refractivity contribution in [2.45, 2.75) is 58.9 Å². The lowest BCUT2D eigenvalue weighted by atomic mass is 9.83. The molecule has 1 saturated carbocycles. The van der Waals surface area contributed by atoms with Crippen molar-refractivity contribution in [3.8, 4) is 0 Å². The molecule has 1 N–H and O–H groups in total. The number of halogens is 1. The zero-order valence-electron chi connectivity index (χ0n) is 12.4. The molecule has 4 nitrogen and oxygen atoms in total. The third-order valence-electron chi connectivity index (χ3n) is 4.33. The van der Waals surface area contributed by atoms with E-state index in [-0.39, 0.29) is 22.3 Å². The molecule has 0 spiro atoms. The van der Waals surface area contributed by atoms with Gasteiger partial charge in [0.15, 0.2) is 0 Å². The number of nitrogens with one attached hydrogen (secondary N) is 1. The van der Waals surface area contributed by atoms with E-state index in [1.807, 2.05) is 13.8 Å². The van der Waals surface area contributed by atoms with Crippen molar-refractivity contribution < 1.29 is 0 Å². The Morgan fingerprint density at radius 1 is 1.25 bits per heavy atom. The van der Waals surface area contributed by atoms with Crippen molar-refractivity contribution in [3.05, 3.63) is 31.6 Å². The van der Waals surface area contributed by atoms with Gasteiger partial charge < -0.3 is 0 Å². The lowest BCUT2D eigenvalue weighted by Crippen LogP contribution is -2.40.